The van der Waals surface area contributed by atoms with E-state index in [1.165, 1.54) is 35.1 Å². The molecule has 2 heteroatoms. The van der Waals surface area contributed by atoms with Crippen molar-refractivity contribution in [2.45, 2.75) is 24.7 Å². The highest BCUT2D eigenvalue weighted by Gasteiger charge is 2.41. The van der Waals surface area contributed by atoms with Gasteiger partial charge in [-0.2, -0.15) is 0 Å². The quantitative estimate of drug-likeness (QED) is 0.559. The molecule has 0 amide bonds. The Kier molecular flexibility index (Phi) is 2.25. The Hall–Kier alpha value is -2.22. The lowest BCUT2D eigenvalue weighted by molar-refractivity contribution is 0.541. The molecule has 0 aromatic heterocycles. The second-order valence-corrected chi connectivity index (χ2v) is 5.88. The van der Waals surface area contributed by atoms with E-state index in [4.69, 9.17) is 11.5 Å². The van der Waals surface area contributed by atoms with Gasteiger partial charge in [0.15, 0.2) is 0 Å². The van der Waals surface area contributed by atoms with Gasteiger partial charge in [-0.25, -0.2) is 0 Å². The van der Waals surface area contributed by atoms with Crippen LogP contribution in [0.15, 0.2) is 48.6 Å². The van der Waals surface area contributed by atoms with Crippen molar-refractivity contribution in [2.24, 2.45) is 0 Å². The van der Waals surface area contributed by atoms with Crippen LogP contribution in [-0.2, 0) is 5.41 Å². The van der Waals surface area contributed by atoms with Gasteiger partial charge in [0.25, 0.3) is 0 Å². The molecule has 1 spiro atoms. The first-order chi connectivity index (χ1) is 9.71. The smallest absolute Gasteiger partial charge is 0.0394 e. The van der Waals surface area contributed by atoms with Crippen LogP contribution in [0.5, 0.6) is 0 Å². The number of hydrogen-bond acceptors (Lipinski definition) is 2. The number of allylic oxidation sites excluding steroid dienone is 2. The predicted octanol–water partition coefficient (Wildman–Crippen LogP) is 3.86. The summed E-state index contributed by atoms with van der Waals surface area (Å²) in [7, 11) is 0. The van der Waals surface area contributed by atoms with Gasteiger partial charge in [0.1, 0.15) is 0 Å². The van der Waals surface area contributed by atoms with E-state index in [9.17, 15) is 0 Å². The van der Waals surface area contributed by atoms with Gasteiger partial charge in [0.2, 0.25) is 0 Å². The molecule has 0 fully saturated rings. The number of hydrogen-bond donors (Lipinski definition) is 2. The lowest BCUT2D eigenvalue weighted by atomic mass is 9.72. The molecule has 100 valence electrons. The Morgan fingerprint density at radius 2 is 1.45 bits per heavy atom. The van der Waals surface area contributed by atoms with Crippen LogP contribution >= 0.6 is 0 Å². The number of anilines is 2. The highest BCUT2D eigenvalue weighted by molar-refractivity contribution is 5.85. The molecule has 0 heterocycles. The summed E-state index contributed by atoms with van der Waals surface area (Å²) in [5, 5.41) is 0. The van der Waals surface area contributed by atoms with Gasteiger partial charge in [-0.3, -0.25) is 0 Å². The molecule has 0 bridgehead atoms. The molecule has 0 aliphatic heterocycles. The van der Waals surface area contributed by atoms with Crippen molar-refractivity contribution < 1.29 is 0 Å². The molecule has 2 aromatic rings. The molecule has 0 unspecified atom stereocenters. The summed E-state index contributed by atoms with van der Waals surface area (Å²) in [4.78, 5) is 0. The number of nitrogen functional groups attached to an aromatic ring is 2. The molecule has 4 N–H and O–H groups in total. The summed E-state index contributed by atoms with van der Waals surface area (Å²) in [6.45, 7) is 0. The van der Waals surface area contributed by atoms with Gasteiger partial charge in [-0.05, 0) is 65.8 Å². The van der Waals surface area contributed by atoms with E-state index in [1.54, 1.807) is 0 Å². The first-order valence-electron chi connectivity index (χ1n) is 7.19. The second kappa shape index (κ2) is 3.89. The van der Waals surface area contributed by atoms with Crippen LogP contribution in [-0.4, -0.2) is 0 Å². The minimum atomic E-state index is 0.0321. The fourth-order valence-corrected chi connectivity index (χ4v) is 3.81. The third-order valence-corrected chi connectivity index (χ3v) is 4.68. The molecule has 0 radical (unpaired) electrons. The maximum Gasteiger partial charge on any atom is 0.0394 e. The second-order valence-electron chi connectivity index (χ2n) is 5.88. The highest BCUT2D eigenvalue weighted by atomic mass is 14.6. The number of fused-ring (bicyclic) bond motifs is 5. The Balaban J connectivity index is 2.09. The summed E-state index contributed by atoms with van der Waals surface area (Å²) in [6, 6.07) is 12.6. The largest absolute Gasteiger partial charge is 0.399 e. The monoisotopic (exact) mass is 262 g/mol. The van der Waals surface area contributed by atoms with Crippen LogP contribution in [0.3, 0.4) is 0 Å². The molecule has 2 aliphatic rings. The van der Waals surface area contributed by atoms with Crippen molar-refractivity contribution in [3.8, 4) is 11.1 Å². The molecule has 2 aliphatic carbocycles. The lowest BCUT2D eigenvalue weighted by Gasteiger charge is -2.31. The first-order valence-corrected chi connectivity index (χ1v) is 7.19. The van der Waals surface area contributed by atoms with Crippen molar-refractivity contribution in [1.29, 1.82) is 0 Å². The molecular weight excluding hydrogens is 244 g/mol. The van der Waals surface area contributed by atoms with Crippen molar-refractivity contribution in [3.05, 3.63) is 59.7 Å². The van der Waals surface area contributed by atoms with E-state index in [0.717, 1.165) is 17.8 Å². The predicted molar refractivity (Wildman–Crippen MR) is 84.5 cm³/mol. The van der Waals surface area contributed by atoms with E-state index >= 15 is 0 Å². The van der Waals surface area contributed by atoms with Crippen LogP contribution in [0, 0.1) is 0 Å². The SMILES string of the molecule is Nc1ccc2c(c1)-c1cc(N)ccc1C21C=CCCC1. The van der Waals surface area contributed by atoms with Gasteiger partial charge in [0, 0.05) is 16.8 Å². The average molecular weight is 262 g/mol. The average Bonchev–Trinajstić information content (AvgIpc) is 2.70. The molecule has 0 saturated carbocycles. The molecule has 0 saturated heterocycles. The Labute approximate surface area is 119 Å². The van der Waals surface area contributed by atoms with Gasteiger partial charge >= 0.3 is 0 Å². The van der Waals surface area contributed by atoms with Crippen molar-refractivity contribution in [2.75, 3.05) is 11.5 Å². The maximum absolute atomic E-state index is 5.99. The van der Waals surface area contributed by atoms with E-state index in [2.05, 4.69) is 36.4 Å². The van der Waals surface area contributed by atoms with Gasteiger partial charge in [0.05, 0.1) is 0 Å². The fourth-order valence-electron chi connectivity index (χ4n) is 3.81. The topological polar surface area (TPSA) is 52.0 Å². The lowest BCUT2D eigenvalue weighted by Crippen LogP contribution is -2.24. The Morgan fingerprint density at radius 1 is 0.850 bits per heavy atom. The van der Waals surface area contributed by atoms with E-state index in [0.29, 0.717) is 0 Å². The van der Waals surface area contributed by atoms with Crippen LogP contribution in [0.2, 0.25) is 0 Å². The summed E-state index contributed by atoms with van der Waals surface area (Å²) in [5.74, 6) is 0. The minimum absolute atomic E-state index is 0.0321. The van der Waals surface area contributed by atoms with Crippen LogP contribution in [0.4, 0.5) is 11.4 Å². The zero-order valence-electron chi connectivity index (χ0n) is 11.4. The van der Waals surface area contributed by atoms with E-state index in [1.807, 2.05) is 12.1 Å². The molecule has 0 atom stereocenters. The van der Waals surface area contributed by atoms with Gasteiger partial charge < -0.3 is 11.5 Å². The van der Waals surface area contributed by atoms with Crippen LogP contribution in [0.25, 0.3) is 11.1 Å². The fraction of sp³-hybridized carbons (Fsp3) is 0.222. The zero-order chi connectivity index (χ0) is 13.7. The molecule has 4 rings (SSSR count). The third-order valence-electron chi connectivity index (χ3n) is 4.68. The number of benzene rings is 2. The zero-order valence-corrected chi connectivity index (χ0v) is 11.4. The summed E-state index contributed by atoms with van der Waals surface area (Å²) >= 11 is 0. The molecule has 20 heavy (non-hydrogen) atoms. The summed E-state index contributed by atoms with van der Waals surface area (Å²) in [5.41, 5.74) is 18.9. The number of rotatable bonds is 0. The van der Waals surface area contributed by atoms with Crippen molar-refractivity contribution in [3.63, 3.8) is 0 Å². The Morgan fingerprint density at radius 3 is 1.95 bits per heavy atom. The van der Waals surface area contributed by atoms with Crippen molar-refractivity contribution >= 4 is 11.4 Å². The van der Waals surface area contributed by atoms with Gasteiger partial charge in [-0.15, -0.1) is 0 Å². The normalized spacial score (nSPS) is 18.0. The third kappa shape index (κ3) is 1.39. The van der Waals surface area contributed by atoms with Crippen LogP contribution < -0.4 is 11.5 Å². The highest BCUT2D eigenvalue weighted by Crippen LogP contribution is 2.54. The van der Waals surface area contributed by atoms with Gasteiger partial charge in [-0.1, -0.05) is 24.3 Å². The minimum Gasteiger partial charge on any atom is -0.399 e. The van der Waals surface area contributed by atoms with E-state index < -0.39 is 0 Å². The Bertz CT molecular complexity index is 677. The molecule has 2 nitrogen and oxygen atoms in total. The first kappa shape index (κ1) is 11.6. The number of nitrogens with two attached hydrogens (primary N) is 2. The standard InChI is InChI=1S/C18H18N2/c19-12-4-6-16-14(10-12)15-11-13(20)5-7-17(15)18(16)8-2-1-3-9-18/h2,4-8,10-11H,1,3,9,19-20H2. The summed E-state index contributed by atoms with van der Waals surface area (Å²) in [6.07, 6.45) is 8.26. The molecular formula is C18H18N2. The van der Waals surface area contributed by atoms with Crippen molar-refractivity contribution in [1.82, 2.24) is 0 Å². The molecule has 2 aromatic carbocycles. The summed E-state index contributed by atoms with van der Waals surface area (Å²) < 4.78 is 0. The van der Waals surface area contributed by atoms with E-state index in [-0.39, 0.29) is 5.41 Å². The van der Waals surface area contributed by atoms with Crippen LogP contribution in [0.1, 0.15) is 30.4 Å². The maximum atomic E-state index is 5.99.